The minimum absolute atomic E-state index is 0. The molecule has 0 fully saturated rings. The van der Waals surface area contributed by atoms with Crippen LogP contribution >= 0.6 is 0 Å². The van der Waals surface area contributed by atoms with Crippen molar-refractivity contribution in [3.63, 3.8) is 0 Å². The molecule has 253 valence electrons. The molecule has 0 bridgehead atoms. The molecule has 0 aliphatic heterocycles. The maximum atomic E-state index is 6.27. The number of hydrogen-bond donors (Lipinski definition) is 0. The molecule has 0 amide bonds. The average Bonchev–Trinajstić information content (AvgIpc) is 3.69. The van der Waals surface area contributed by atoms with Gasteiger partial charge in [-0.1, -0.05) is 53.4 Å². The molecule has 5 aromatic carbocycles. The summed E-state index contributed by atoms with van der Waals surface area (Å²) in [5.41, 5.74) is 9.79. The number of imidazole rings is 1. The molecule has 0 saturated heterocycles. The monoisotopic (exact) mass is 903 g/mol. The molecule has 9 rings (SSSR count). The van der Waals surface area contributed by atoms with Gasteiger partial charge in [0.15, 0.2) is 0 Å². The van der Waals surface area contributed by atoms with Crippen LogP contribution in [0.5, 0.6) is 0 Å². The first-order chi connectivity index (χ1) is 24.3. The van der Waals surface area contributed by atoms with E-state index in [2.05, 4.69) is 125 Å². The Bertz CT molecular complexity index is 2640. The Labute approximate surface area is 314 Å². The van der Waals surface area contributed by atoms with Gasteiger partial charge in [0.25, 0.3) is 0 Å². The molecule has 0 aliphatic carbocycles. The summed E-state index contributed by atoms with van der Waals surface area (Å²) in [6.45, 7) is 4.29. The van der Waals surface area contributed by atoms with E-state index in [4.69, 9.17) is 9.40 Å². The summed E-state index contributed by atoms with van der Waals surface area (Å²) in [4.78, 5) is 14.1. The fourth-order valence-corrected chi connectivity index (χ4v) is 8.78. The van der Waals surface area contributed by atoms with E-state index in [1.807, 2.05) is 54.7 Å². The molecule has 5 nitrogen and oxygen atoms in total. The zero-order chi connectivity index (χ0) is 34.4. The Kier molecular flexibility index (Phi) is 9.51. The van der Waals surface area contributed by atoms with Crippen molar-refractivity contribution in [3.05, 3.63) is 151 Å². The molecule has 0 aliphatic rings. The van der Waals surface area contributed by atoms with Crippen LogP contribution in [0.2, 0.25) is 17.3 Å². The predicted octanol–water partition coefficient (Wildman–Crippen LogP) is 10.6. The number of pyridine rings is 2. The SMILES string of the molecule is Cc1cccc(C)c1-n1c(-c2[c-]ccc3c2oc2ncccc23)nc2cc3ccccc3cc21.[CH3][Ge]([CH3])([CH3])[c]1ccc(-c2[c-]cccc2)nc1.[Ir]. The average molecular weight is 902 g/mol. The van der Waals surface area contributed by atoms with Gasteiger partial charge in [-0.3, -0.25) is 4.98 Å². The number of para-hydroxylation sites is 1. The second-order valence-corrected chi connectivity index (χ2v) is 24.4. The van der Waals surface area contributed by atoms with Gasteiger partial charge in [-0.25, -0.2) is 4.98 Å². The molecule has 0 spiro atoms. The van der Waals surface area contributed by atoms with Gasteiger partial charge in [-0.05, 0) is 60.0 Å². The first-order valence-corrected chi connectivity index (χ1v) is 24.2. The fourth-order valence-electron chi connectivity index (χ4n) is 6.61. The van der Waals surface area contributed by atoms with Gasteiger partial charge in [0, 0.05) is 37.4 Å². The molecule has 1 radical (unpaired) electrons. The summed E-state index contributed by atoms with van der Waals surface area (Å²) in [7, 11) is 0. The number of aryl methyl sites for hydroxylation is 2. The number of hydrogen-bond acceptors (Lipinski definition) is 4. The van der Waals surface area contributed by atoms with Crippen LogP contribution < -0.4 is 4.40 Å². The van der Waals surface area contributed by atoms with Gasteiger partial charge in [0.2, 0.25) is 5.71 Å². The first kappa shape index (κ1) is 34.6. The summed E-state index contributed by atoms with van der Waals surface area (Å²) in [5, 5.41) is 4.36. The standard InChI is InChI=1S/C30H20N3O.C14H16GeN.Ir/c1-18-8-5-9-19(2)27(18)33-26-17-21-11-4-3-10-20(21)16-25(26)32-29(33)24-13-6-12-22-23-14-7-15-31-30(23)34-28(22)24;1-15(2,3)13-9-10-14(16-11-13)12-7-5-4-6-8-12;/h3-12,14-17H,1-2H3;4-7,9-11H,1-3H3;/q2*-1;. The number of benzene rings is 5. The van der Waals surface area contributed by atoms with Gasteiger partial charge >= 0.3 is 99.8 Å². The second kappa shape index (κ2) is 14.0. The van der Waals surface area contributed by atoms with Crippen molar-refractivity contribution < 1.29 is 24.5 Å². The van der Waals surface area contributed by atoms with Crippen LogP contribution in [0.1, 0.15) is 11.1 Å². The van der Waals surface area contributed by atoms with Crippen molar-refractivity contribution in [1.82, 2.24) is 19.5 Å². The van der Waals surface area contributed by atoms with Crippen molar-refractivity contribution in [1.29, 1.82) is 0 Å². The van der Waals surface area contributed by atoms with Crippen LogP contribution in [0.15, 0.2) is 132 Å². The van der Waals surface area contributed by atoms with Crippen LogP contribution in [0.3, 0.4) is 0 Å². The number of fused-ring (bicyclic) bond motifs is 5. The molecular weight excluding hydrogens is 865 g/mol. The Morgan fingerprint density at radius 3 is 2.18 bits per heavy atom. The molecule has 0 N–H and O–H groups in total. The van der Waals surface area contributed by atoms with Crippen molar-refractivity contribution in [2.45, 2.75) is 31.1 Å². The molecule has 4 heterocycles. The second-order valence-electron chi connectivity index (χ2n) is 13.7. The van der Waals surface area contributed by atoms with E-state index in [0.717, 1.165) is 55.7 Å². The third kappa shape index (κ3) is 6.56. The van der Waals surface area contributed by atoms with Gasteiger partial charge < -0.3 is 8.98 Å². The van der Waals surface area contributed by atoms with E-state index in [0.29, 0.717) is 5.71 Å². The minimum Gasteiger partial charge on any atom is 0 e. The quantitative estimate of drug-likeness (QED) is 0.130. The van der Waals surface area contributed by atoms with E-state index in [1.54, 1.807) is 6.20 Å². The Hall–Kier alpha value is -4.88. The number of aromatic nitrogens is 4. The van der Waals surface area contributed by atoms with Gasteiger partial charge in [0.1, 0.15) is 0 Å². The number of nitrogens with zero attached hydrogens (tertiary/aromatic N) is 4. The maximum absolute atomic E-state index is 6.27. The third-order valence-electron chi connectivity index (χ3n) is 9.23. The predicted molar refractivity (Wildman–Crippen MR) is 209 cm³/mol. The van der Waals surface area contributed by atoms with Crippen LogP contribution in [0, 0.1) is 26.0 Å². The van der Waals surface area contributed by atoms with Crippen molar-refractivity contribution in [2.75, 3.05) is 0 Å². The largest absolute Gasteiger partial charge is 0 e. The molecule has 7 heteroatoms. The molecule has 0 saturated carbocycles. The summed E-state index contributed by atoms with van der Waals surface area (Å²) in [6.07, 6.45) is 3.79. The number of furan rings is 1. The fraction of sp³-hybridized carbons (Fsp3) is 0.114. The Morgan fingerprint density at radius 1 is 0.706 bits per heavy atom. The van der Waals surface area contributed by atoms with Crippen LogP contribution in [-0.4, -0.2) is 32.8 Å². The normalized spacial score (nSPS) is 11.5. The van der Waals surface area contributed by atoms with E-state index < -0.39 is 13.3 Å². The van der Waals surface area contributed by atoms with Crippen LogP contribution in [0.4, 0.5) is 0 Å². The van der Waals surface area contributed by atoms with Gasteiger partial charge in [-0.15, -0.1) is 18.2 Å². The van der Waals surface area contributed by atoms with E-state index >= 15 is 0 Å². The minimum atomic E-state index is -1.72. The molecular formula is C44H36GeIrN4O-2. The molecule has 0 unspecified atom stereocenters. The van der Waals surface area contributed by atoms with Gasteiger partial charge in [0.05, 0.1) is 22.4 Å². The smallest absolute Gasteiger partial charge is 0 e. The summed E-state index contributed by atoms with van der Waals surface area (Å²) in [6, 6.07) is 46.1. The first-order valence-electron chi connectivity index (χ1n) is 16.9. The van der Waals surface area contributed by atoms with E-state index in [1.165, 1.54) is 26.3 Å². The van der Waals surface area contributed by atoms with Crippen LogP contribution in [0.25, 0.3) is 72.2 Å². The number of rotatable bonds is 4. The maximum Gasteiger partial charge on any atom is 0 e. The van der Waals surface area contributed by atoms with Crippen molar-refractivity contribution >= 4 is 61.5 Å². The molecule has 51 heavy (non-hydrogen) atoms. The van der Waals surface area contributed by atoms with E-state index in [9.17, 15) is 0 Å². The topological polar surface area (TPSA) is 56.7 Å². The Morgan fingerprint density at radius 2 is 1.47 bits per heavy atom. The Balaban J connectivity index is 0.000000202. The van der Waals surface area contributed by atoms with Crippen molar-refractivity contribution in [3.8, 4) is 28.3 Å². The third-order valence-corrected chi connectivity index (χ3v) is 13.5. The van der Waals surface area contributed by atoms with Gasteiger partial charge in [-0.2, -0.15) is 0 Å². The summed E-state index contributed by atoms with van der Waals surface area (Å²) in [5.74, 6) is 7.95. The zero-order valence-corrected chi connectivity index (χ0v) is 33.6. The summed E-state index contributed by atoms with van der Waals surface area (Å²) < 4.78 is 9.97. The zero-order valence-electron chi connectivity index (χ0n) is 29.2. The molecule has 9 aromatic rings. The summed E-state index contributed by atoms with van der Waals surface area (Å²) >= 11 is -1.72. The van der Waals surface area contributed by atoms with Crippen LogP contribution in [-0.2, 0) is 20.1 Å². The molecule has 4 aromatic heterocycles. The van der Waals surface area contributed by atoms with Crippen molar-refractivity contribution in [2.24, 2.45) is 0 Å². The molecule has 0 atom stereocenters. The van der Waals surface area contributed by atoms with E-state index in [-0.39, 0.29) is 20.1 Å².